The monoisotopic (exact) mass is 394 g/mol. The molecule has 2 aromatic carbocycles. The smallest absolute Gasteiger partial charge is 0.282 e. The quantitative estimate of drug-likeness (QED) is 0.621. The second-order valence-electron chi connectivity index (χ2n) is 5.56. The Morgan fingerprint density at radius 3 is 2.30 bits per heavy atom. The Morgan fingerprint density at radius 2 is 1.74 bits per heavy atom. The summed E-state index contributed by atoms with van der Waals surface area (Å²) in [7, 11) is -1.39. The summed E-state index contributed by atoms with van der Waals surface area (Å²) in [6, 6.07) is 14.9. The van der Waals surface area contributed by atoms with E-state index < -0.39 is 17.4 Å². The Labute approximate surface area is 156 Å². The third-order valence-electron chi connectivity index (χ3n) is 3.86. The first-order valence-electron chi connectivity index (χ1n) is 7.87. The van der Waals surface area contributed by atoms with E-state index in [1.807, 2.05) is 0 Å². The highest BCUT2D eigenvalue weighted by atomic mass is 32.2. The number of halogens is 2. The van der Waals surface area contributed by atoms with Crippen molar-refractivity contribution < 1.29 is 26.1 Å². The topological polar surface area (TPSA) is 70.4 Å². The van der Waals surface area contributed by atoms with Gasteiger partial charge in [0.2, 0.25) is 0 Å². The van der Waals surface area contributed by atoms with Crippen LogP contribution in [0.2, 0.25) is 0 Å². The molecule has 1 aromatic heterocycles. The van der Waals surface area contributed by atoms with E-state index in [2.05, 4.69) is 9.28 Å². The molecule has 0 amide bonds. The molecule has 0 aliphatic carbocycles. The van der Waals surface area contributed by atoms with Crippen molar-refractivity contribution >= 4 is 11.0 Å². The van der Waals surface area contributed by atoms with Gasteiger partial charge in [-0.3, -0.25) is 4.18 Å². The summed E-state index contributed by atoms with van der Waals surface area (Å²) in [6.07, 6.45) is -2.70. The first kappa shape index (κ1) is 19.0. The summed E-state index contributed by atoms with van der Waals surface area (Å²) >= 11 is 0. The molecule has 0 radical (unpaired) electrons. The molecule has 0 spiro atoms. The zero-order valence-electron chi connectivity index (χ0n) is 14.2. The van der Waals surface area contributed by atoms with Crippen LogP contribution in [-0.4, -0.2) is 25.3 Å². The van der Waals surface area contributed by atoms with Crippen LogP contribution in [-0.2, 0) is 21.8 Å². The molecular formula is C18H16F2N2O4S. The maximum atomic E-state index is 13.2. The highest BCUT2D eigenvalue weighted by Crippen LogP contribution is 2.29. The fourth-order valence-electron chi connectivity index (χ4n) is 2.53. The molecule has 0 unspecified atom stereocenters. The fraction of sp³-hybridized carbons (Fsp3) is 0.167. The normalized spacial score (nSPS) is 11.3. The summed E-state index contributed by atoms with van der Waals surface area (Å²) in [4.78, 5) is 0. The average molecular weight is 394 g/mol. The largest absolute Gasteiger partial charge is 0.497 e. The van der Waals surface area contributed by atoms with E-state index in [4.69, 9.17) is 4.74 Å². The molecule has 0 atom stereocenters. The van der Waals surface area contributed by atoms with Crippen LogP contribution in [0.15, 0.2) is 54.6 Å². The van der Waals surface area contributed by atoms with Crippen LogP contribution in [0.25, 0.3) is 16.9 Å². The van der Waals surface area contributed by atoms with Crippen LogP contribution >= 0.6 is 0 Å². The van der Waals surface area contributed by atoms with E-state index >= 15 is 0 Å². The van der Waals surface area contributed by atoms with Gasteiger partial charge in [-0.2, -0.15) is 5.10 Å². The predicted molar refractivity (Wildman–Crippen MR) is 95.6 cm³/mol. The van der Waals surface area contributed by atoms with Crippen molar-refractivity contribution in [3.05, 3.63) is 65.9 Å². The van der Waals surface area contributed by atoms with Gasteiger partial charge in [0.15, 0.2) is 0 Å². The molecule has 0 N–H and O–H groups in total. The molecule has 0 saturated heterocycles. The van der Waals surface area contributed by atoms with Gasteiger partial charge >= 0.3 is 0 Å². The average Bonchev–Trinajstić information content (AvgIpc) is 3.12. The minimum absolute atomic E-state index is 0.0843. The molecule has 27 heavy (non-hydrogen) atoms. The van der Waals surface area contributed by atoms with Crippen molar-refractivity contribution in [3.8, 4) is 22.7 Å². The Hall–Kier alpha value is -2.78. The number of hydrogen-bond acceptors (Lipinski definition) is 5. The van der Waals surface area contributed by atoms with Gasteiger partial charge in [0.05, 0.1) is 25.1 Å². The van der Waals surface area contributed by atoms with Crippen molar-refractivity contribution in [1.29, 1.82) is 0 Å². The second-order valence-corrected chi connectivity index (χ2v) is 6.26. The number of aromatic nitrogens is 2. The summed E-state index contributed by atoms with van der Waals surface area (Å²) in [6.45, 7) is -0.0843. The molecule has 0 saturated carbocycles. The van der Waals surface area contributed by atoms with Crippen molar-refractivity contribution in [1.82, 2.24) is 9.78 Å². The number of methoxy groups -OCH3 is 1. The Bertz CT molecular complexity index is 976. The molecule has 0 aliphatic rings. The standard InChI is InChI=1S/C18H16F2N2O4S/c1-25-15-8-6-14(7-9-15)22-17(10-16(21-22)18(19)20)13-4-2-12(3-5-13)11-26-27(23)24/h2-10,18,27H,11H2,1H3. The van der Waals surface area contributed by atoms with Gasteiger partial charge in [-0.25, -0.2) is 21.9 Å². The molecule has 0 aliphatic heterocycles. The Kier molecular flexibility index (Phi) is 5.82. The van der Waals surface area contributed by atoms with Gasteiger partial charge in [0.1, 0.15) is 11.4 Å². The maximum absolute atomic E-state index is 13.2. The van der Waals surface area contributed by atoms with Crippen molar-refractivity contribution in [2.45, 2.75) is 13.0 Å². The van der Waals surface area contributed by atoms with Gasteiger partial charge in [-0.15, -0.1) is 0 Å². The van der Waals surface area contributed by atoms with Crippen LogP contribution in [0.5, 0.6) is 5.75 Å². The lowest BCUT2D eigenvalue weighted by molar-refractivity contribution is 0.145. The van der Waals surface area contributed by atoms with Gasteiger partial charge in [0.25, 0.3) is 17.4 Å². The van der Waals surface area contributed by atoms with Crippen molar-refractivity contribution in [3.63, 3.8) is 0 Å². The number of alkyl halides is 2. The van der Waals surface area contributed by atoms with Gasteiger partial charge in [-0.05, 0) is 35.9 Å². The number of thiol groups is 1. The first-order chi connectivity index (χ1) is 13.0. The van der Waals surface area contributed by atoms with Crippen molar-refractivity contribution in [2.75, 3.05) is 7.11 Å². The highest BCUT2D eigenvalue weighted by Gasteiger charge is 2.17. The first-order valence-corrected chi connectivity index (χ1v) is 8.96. The summed E-state index contributed by atoms with van der Waals surface area (Å²) in [5.41, 5.74) is 2.05. The Balaban J connectivity index is 1.98. The zero-order chi connectivity index (χ0) is 19.4. The van der Waals surface area contributed by atoms with Crippen LogP contribution in [0.3, 0.4) is 0 Å². The predicted octanol–water partition coefficient (Wildman–Crippen LogP) is 3.53. The minimum Gasteiger partial charge on any atom is -0.497 e. The lowest BCUT2D eigenvalue weighted by Gasteiger charge is -2.09. The summed E-state index contributed by atoms with van der Waals surface area (Å²) < 4.78 is 58.5. The third kappa shape index (κ3) is 4.50. The van der Waals surface area contributed by atoms with E-state index in [1.165, 1.54) is 17.9 Å². The number of ether oxygens (including phenoxy) is 1. The molecule has 9 heteroatoms. The van der Waals surface area contributed by atoms with E-state index in [0.717, 1.165) is 0 Å². The molecule has 142 valence electrons. The second kappa shape index (κ2) is 8.28. The van der Waals surface area contributed by atoms with Gasteiger partial charge in [0, 0.05) is 5.56 Å². The molecule has 3 rings (SSSR count). The van der Waals surface area contributed by atoms with Crippen LogP contribution < -0.4 is 4.74 Å². The summed E-state index contributed by atoms with van der Waals surface area (Å²) in [5.74, 6) is 0.641. The number of rotatable bonds is 7. The lowest BCUT2D eigenvalue weighted by atomic mass is 10.1. The van der Waals surface area contributed by atoms with Crippen LogP contribution in [0.4, 0.5) is 8.78 Å². The fourth-order valence-corrected chi connectivity index (χ4v) is 2.79. The SMILES string of the molecule is COc1ccc(-n2nc(C(F)F)cc2-c2ccc(CO[SH](=O)=O)cc2)cc1. The molecule has 0 fully saturated rings. The maximum Gasteiger partial charge on any atom is 0.282 e. The van der Waals surface area contributed by atoms with E-state index in [1.54, 1.807) is 48.5 Å². The highest BCUT2D eigenvalue weighted by molar-refractivity contribution is 7.67. The molecule has 3 aromatic rings. The lowest BCUT2D eigenvalue weighted by Crippen LogP contribution is -2.00. The van der Waals surface area contributed by atoms with Crippen LogP contribution in [0, 0.1) is 0 Å². The van der Waals surface area contributed by atoms with Crippen LogP contribution in [0.1, 0.15) is 17.7 Å². The van der Waals surface area contributed by atoms with E-state index in [0.29, 0.717) is 28.3 Å². The molecular weight excluding hydrogens is 378 g/mol. The van der Waals surface area contributed by atoms with Gasteiger partial charge < -0.3 is 4.74 Å². The minimum atomic E-state index is -2.93. The van der Waals surface area contributed by atoms with Crippen molar-refractivity contribution in [2.24, 2.45) is 0 Å². The zero-order valence-corrected chi connectivity index (χ0v) is 15.1. The molecule has 0 bridgehead atoms. The third-order valence-corrected chi connectivity index (χ3v) is 4.20. The summed E-state index contributed by atoms with van der Waals surface area (Å²) in [5, 5.41) is 4.01. The number of nitrogens with zero attached hydrogens (tertiary/aromatic N) is 2. The number of hydrogen-bond donors (Lipinski definition) is 1. The van der Waals surface area contributed by atoms with Gasteiger partial charge in [-0.1, -0.05) is 24.3 Å². The number of benzene rings is 2. The molecule has 6 nitrogen and oxygen atoms in total. The molecule has 1 heterocycles. The Morgan fingerprint density at radius 1 is 1.07 bits per heavy atom. The van der Waals surface area contributed by atoms with E-state index in [9.17, 15) is 17.2 Å². The van der Waals surface area contributed by atoms with E-state index in [-0.39, 0.29) is 12.3 Å².